The zero-order chi connectivity index (χ0) is 15.2. The molecule has 0 fully saturated rings. The molecule has 0 saturated carbocycles. The van der Waals surface area contributed by atoms with E-state index in [1.165, 1.54) is 16.0 Å². The fraction of sp³-hybridized carbons (Fsp3) is 0.278. The van der Waals surface area contributed by atoms with Gasteiger partial charge in [0.1, 0.15) is 0 Å². The highest BCUT2D eigenvalue weighted by Gasteiger charge is 2.10. The Bertz CT molecular complexity index is 610. The number of benzene rings is 2. The minimum atomic E-state index is 0.0402. The maximum absolute atomic E-state index is 12.0. The summed E-state index contributed by atoms with van der Waals surface area (Å²) in [5.74, 6) is 0.512. The molecule has 2 nitrogen and oxygen atoms in total. The van der Waals surface area contributed by atoms with Gasteiger partial charge in [0.05, 0.1) is 11.8 Å². The highest BCUT2D eigenvalue weighted by atomic mass is 32.2. The first-order chi connectivity index (χ1) is 10.1. The van der Waals surface area contributed by atoms with E-state index in [2.05, 4.69) is 37.4 Å². The molecule has 1 N–H and O–H groups in total. The molecule has 0 saturated heterocycles. The number of hydrogen-bond acceptors (Lipinski definition) is 2. The predicted octanol–water partition coefficient (Wildman–Crippen LogP) is 4.27. The van der Waals surface area contributed by atoms with Crippen molar-refractivity contribution in [2.24, 2.45) is 0 Å². The number of amides is 1. The summed E-state index contributed by atoms with van der Waals surface area (Å²) in [6.07, 6.45) is 0. The highest BCUT2D eigenvalue weighted by molar-refractivity contribution is 8.00. The summed E-state index contributed by atoms with van der Waals surface area (Å²) < 4.78 is 0. The number of rotatable bonds is 5. The van der Waals surface area contributed by atoms with Gasteiger partial charge in [-0.3, -0.25) is 4.79 Å². The maximum atomic E-state index is 12.0. The van der Waals surface area contributed by atoms with Gasteiger partial charge in [0.25, 0.3) is 0 Å². The van der Waals surface area contributed by atoms with Gasteiger partial charge in [-0.15, -0.1) is 11.8 Å². The van der Waals surface area contributed by atoms with Crippen molar-refractivity contribution in [2.45, 2.75) is 31.7 Å². The maximum Gasteiger partial charge on any atom is 0.230 e. The Morgan fingerprint density at radius 3 is 2.52 bits per heavy atom. The molecule has 2 aromatic carbocycles. The Kier molecular flexibility index (Phi) is 5.45. The first-order valence-electron chi connectivity index (χ1n) is 7.10. The molecule has 0 aliphatic rings. The van der Waals surface area contributed by atoms with E-state index in [4.69, 9.17) is 0 Å². The molecule has 1 unspecified atom stereocenters. The van der Waals surface area contributed by atoms with Gasteiger partial charge in [0.2, 0.25) is 5.91 Å². The van der Waals surface area contributed by atoms with Gasteiger partial charge in [-0.2, -0.15) is 0 Å². The van der Waals surface area contributed by atoms with Crippen LogP contribution in [0.15, 0.2) is 53.4 Å². The van der Waals surface area contributed by atoms with Crippen LogP contribution in [0, 0.1) is 13.8 Å². The van der Waals surface area contributed by atoms with Crippen LogP contribution in [0.1, 0.15) is 29.7 Å². The monoisotopic (exact) mass is 299 g/mol. The van der Waals surface area contributed by atoms with E-state index >= 15 is 0 Å². The third kappa shape index (κ3) is 4.64. The molecule has 3 heteroatoms. The third-order valence-corrected chi connectivity index (χ3v) is 4.54. The lowest BCUT2D eigenvalue weighted by Crippen LogP contribution is -2.28. The zero-order valence-corrected chi connectivity index (χ0v) is 13.5. The van der Waals surface area contributed by atoms with Crippen LogP contribution in [0.25, 0.3) is 0 Å². The van der Waals surface area contributed by atoms with E-state index in [0.717, 1.165) is 5.56 Å². The normalized spacial score (nSPS) is 12.0. The molecule has 0 spiro atoms. The SMILES string of the molecule is Cc1ccc(SCC(=O)NC(C)c2ccccc2)c(C)c1. The number of aryl methyl sites for hydroxylation is 2. The minimum Gasteiger partial charge on any atom is -0.349 e. The summed E-state index contributed by atoms with van der Waals surface area (Å²) in [5, 5.41) is 3.04. The molecule has 0 aliphatic carbocycles. The number of hydrogen-bond donors (Lipinski definition) is 1. The summed E-state index contributed by atoms with van der Waals surface area (Å²) in [6, 6.07) is 16.4. The topological polar surface area (TPSA) is 29.1 Å². The van der Waals surface area contributed by atoms with Crippen LogP contribution in [-0.2, 0) is 4.79 Å². The van der Waals surface area contributed by atoms with Gasteiger partial charge in [-0.25, -0.2) is 0 Å². The molecule has 0 heterocycles. The summed E-state index contributed by atoms with van der Waals surface area (Å²) >= 11 is 1.59. The van der Waals surface area contributed by atoms with Gasteiger partial charge < -0.3 is 5.32 Å². The Labute approximate surface area is 131 Å². The van der Waals surface area contributed by atoms with Gasteiger partial charge in [0, 0.05) is 4.90 Å². The predicted molar refractivity (Wildman–Crippen MR) is 89.6 cm³/mol. The van der Waals surface area contributed by atoms with Crippen molar-refractivity contribution >= 4 is 17.7 Å². The minimum absolute atomic E-state index is 0.0402. The fourth-order valence-corrected chi connectivity index (χ4v) is 3.03. The quantitative estimate of drug-likeness (QED) is 0.835. The highest BCUT2D eigenvalue weighted by Crippen LogP contribution is 2.23. The van der Waals surface area contributed by atoms with Gasteiger partial charge in [-0.1, -0.05) is 48.0 Å². The average Bonchev–Trinajstić information content (AvgIpc) is 2.47. The Hall–Kier alpha value is -1.74. The van der Waals surface area contributed by atoms with E-state index in [9.17, 15) is 4.79 Å². The molecule has 1 amide bonds. The van der Waals surface area contributed by atoms with Crippen molar-refractivity contribution in [1.29, 1.82) is 0 Å². The van der Waals surface area contributed by atoms with Crippen LogP contribution in [0.4, 0.5) is 0 Å². The van der Waals surface area contributed by atoms with Crippen molar-refractivity contribution in [3.05, 3.63) is 65.2 Å². The molecule has 1 atom stereocenters. The van der Waals surface area contributed by atoms with Crippen molar-refractivity contribution < 1.29 is 4.79 Å². The third-order valence-electron chi connectivity index (χ3n) is 3.37. The molecule has 0 bridgehead atoms. The summed E-state index contributed by atoms with van der Waals surface area (Å²) in [6.45, 7) is 6.17. The lowest BCUT2D eigenvalue weighted by atomic mass is 10.1. The first kappa shape index (κ1) is 15.6. The number of nitrogens with one attached hydrogen (secondary N) is 1. The second kappa shape index (κ2) is 7.32. The standard InChI is InChI=1S/C18H21NOS/c1-13-9-10-17(14(2)11-13)21-12-18(20)19-15(3)16-7-5-4-6-8-16/h4-11,15H,12H2,1-3H3,(H,19,20). The van der Waals surface area contributed by atoms with E-state index in [1.807, 2.05) is 37.3 Å². The smallest absolute Gasteiger partial charge is 0.230 e. The lowest BCUT2D eigenvalue weighted by molar-refractivity contribution is -0.119. The molecule has 0 radical (unpaired) electrons. The largest absolute Gasteiger partial charge is 0.349 e. The van der Waals surface area contributed by atoms with Crippen LogP contribution in [0.2, 0.25) is 0 Å². The van der Waals surface area contributed by atoms with Crippen LogP contribution < -0.4 is 5.32 Å². The van der Waals surface area contributed by atoms with Crippen LogP contribution in [0.5, 0.6) is 0 Å². The molecule has 0 aliphatic heterocycles. The molecule has 110 valence electrons. The Morgan fingerprint density at radius 1 is 1.14 bits per heavy atom. The second-order valence-corrected chi connectivity index (χ2v) is 6.27. The fourth-order valence-electron chi connectivity index (χ4n) is 2.21. The molecule has 21 heavy (non-hydrogen) atoms. The van der Waals surface area contributed by atoms with Crippen molar-refractivity contribution in [1.82, 2.24) is 5.32 Å². The van der Waals surface area contributed by atoms with E-state index in [-0.39, 0.29) is 11.9 Å². The number of carbonyl (C=O) groups excluding carboxylic acids is 1. The summed E-state index contributed by atoms with van der Waals surface area (Å²) in [4.78, 5) is 13.2. The molecular weight excluding hydrogens is 278 g/mol. The van der Waals surface area contributed by atoms with Gasteiger partial charge >= 0.3 is 0 Å². The summed E-state index contributed by atoms with van der Waals surface area (Å²) in [5.41, 5.74) is 3.60. The van der Waals surface area contributed by atoms with Crippen LogP contribution in [-0.4, -0.2) is 11.7 Å². The number of carbonyl (C=O) groups is 1. The van der Waals surface area contributed by atoms with Gasteiger partial charge in [-0.05, 0) is 38.0 Å². The Balaban J connectivity index is 1.87. The van der Waals surface area contributed by atoms with Gasteiger partial charge in [0.15, 0.2) is 0 Å². The van der Waals surface area contributed by atoms with Crippen LogP contribution >= 0.6 is 11.8 Å². The van der Waals surface area contributed by atoms with Crippen molar-refractivity contribution in [3.63, 3.8) is 0 Å². The van der Waals surface area contributed by atoms with E-state index < -0.39 is 0 Å². The van der Waals surface area contributed by atoms with E-state index in [1.54, 1.807) is 11.8 Å². The molecule has 2 rings (SSSR count). The second-order valence-electron chi connectivity index (χ2n) is 5.26. The van der Waals surface area contributed by atoms with Crippen molar-refractivity contribution in [2.75, 3.05) is 5.75 Å². The Morgan fingerprint density at radius 2 is 1.86 bits per heavy atom. The first-order valence-corrected chi connectivity index (χ1v) is 8.09. The molecule has 2 aromatic rings. The average molecular weight is 299 g/mol. The number of thioether (sulfide) groups is 1. The summed E-state index contributed by atoms with van der Waals surface area (Å²) in [7, 11) is 0. The van der Waals surface area contributed by atoms with E-state index in [0.29, 0.717) is 5.75 Å². The molecule has 0 aromatic heterocycles. The van der Waals surface area contributed by atoms with Crippen molar-refractivity contribution in [3.8, 4) is 0 Å². The van der Waals surface area contributed by atoms with Crippen LogP contribution in [0.3, 0.4) is 0 Å². The zero-order valence-electron chi connectivity index (χ0n) is 12.7. The lowest BCUT2D eigenvalue weighted by Gasteiger charge is -2.14. The molecular formula is C18H21NOS.